The number of primary amides is 1. The Kier molecular flexibility index (Phi) is 6.46. The highest BCUT2D eigenvalue weighted by molar-refractivity contribution is 5.75. The molecule has 1 aliphatic rings. The maximum absolute atomic E-state index is 14.1. The molecule has 1 aliphatic carbocycles. The summed E-state index contributed by atoms with van der Waals surface area (Å²) in [6.45, 7) is 1.29. The number of nitrogens with two attached hydrogens (primary N) is 1. The molecule has 1 aromatic carbocycles. The van der Waals surface area contributed by atoms with E-state index < -0.39 is 30.5 Å². The highest BCUT2D eigenvalue weighted by atomic mass is 19.3. The average Bonchev–Trinajstić information content (AvgIpc) is 2.63. The zero-order valence-electron chi connectivity index (χ0n) is 15.9. The summed E-state index contributed by atoms with van der Waals surface area (Å²) in [5, 5.41) is 8.22. The van der Waals surface area contributed by atoms with Crippen LogP contribution in [0.1, 0.15) is 42.9 Å². The van der Waals surface area contributed by atoms with E-state index in [1.54, 1.807) is 6.07 Å². The lowest BCUT2D eigenvalue weighted by Crippen LogP contribution is -2.40. The summed E-state index contributed by atoms with van der Waals surface area (Å²) in [4.78, 5) is 12.5. The summed E-state index contributed by atoms with van der Waals surface area (Å²) in [5.74, 6) is -2.31. The van der Waals surface area contributed by atoms with Crippen molar-refractivity contribution in [1.29, 1.82) is 0 Å². The third-order valence-corrected chi connectivity index (χ3v) is 5.19. The Morgan fingerprint density at radius 1 is 1.24 bits per heavy atom. The van der Waals surface area contributed by atoms with E-state index >= 15 is 0 Å². The molecule has 0 spiro atoms. The minimum atomic E-state index is -2.60. The van der Waals surface area contributed by atoms with Crippen LogP contribution in [0.5, 0.6) is 0 Å². The number of hydrogen-bond donors (Lipinski definition) is 1. The number of fused-ring (bicyclic) bond motifs is 1. The Morgan fingerprint density at radius 3 is 2.55 bits per heavy atom. The molecule has 0 saturated heterocycles. The zero-order valence-corrected chi connectivity index (χ0v) is 15.9. The van der Waals surface area contributed by atoms with E-state index in [-0.39, 0.29) is 36.2 Å². The summed E-state index contributed by atoms with van der Waals surface area (Å²) in [6, 6.07) is 5.19. The van der Waals surface area contributed by atoms with Crippen molar-refractivity contribution in [2.75, 3.05) is 19.6 Å². The first-order chi connectivity index (χ1) is 13.8. The predicted molar refractivity (Wildman–Crippen MR) is 99.4 cm³/mol. The van der Waals surface area contributed by atoms with Gasteiger partial charge in [-0.05, 0) is 42.5 Å². The summed E-state index contributed by atoms with van der Waals surface area (Å²) in [7, 11) is 0. The summed E-state index contributed by atoms with van der Waals surface area (Å²) < 4.78 is 54.0. The molecule has 2 atom stereocenters. The van der Waals surface area contributed by atoms with Gasteiger partial charge in [0, 0.05) is 12.5 Å². The summed E-state index contributed by atoms with van der Waals surface area (Å²) in [6.07, 6.45) is -1.18. The van der Waals surface area contributed by atoms with Crippen molar-refractivity contribution >= 4 is 5.91 Å². The van der Waals surface area contributed by atoms with Gasteiger partial charge in [0.2, 0.25) is 5.91 Å². The molecule has 1 aromatic heterocycles. The predicted octanol–water partition coefficient (Wildman–Crippen LogP) is 3.46. The number of carbonyl (C=O) groups excluding carboxylic acids is 1. The molecule has 0 radical (unpaired) electrons. The number of hydrogen-bond acceptors (Lipinski definition) is 4. The standard InChI is InChI=1S/C20H22F4N4O/c1-11-5-6-12(8-28(9-17(23)24)10-18(25)29)20-13(11)7-16(26-27-20)19-14(21)3-2-4-15(19)22/h2-4,7,11-12,17H,5-6,8-10H2,1H3,(H2,25,29). The van der Waals surface area contributed by atoms with Crippen LogP contribution in [0.3, 0.4) is 0 Å². The lowest BCUT2D eigenvalue weighted by molar-refractivity contribution is -0.119. The topological polar surface area (TPSA) is 72.1 Å². The van der Waals surface area contributed by atoms with Crippen molar-refractivity contribution in [3.8, 4) is 11.3 Å². The molecule has 29 heavy (non-hydrogen) atoms. The van der Waals surface area contributed by atoms with E-state index in [1.807, 2.05) is 6.92 Å². The van der Waals surface area contributed by atoms with Gasteiger partial charge in [0.15, 0.2) is 0 Å². The van der Waals surface area contributed by atoms with Crippen molar-refractivity contribution in [2.45, 2.75) is 38.0 Å². The molecule has 2 unspecified atom stereocenters. The number of benzene rings is 1. The second-order valence-corrected chi connectivity index (χ2v) is 7.39. The van der Waals surface area contributed by atoms with Gasteiger partial charge in [-0.1, -0.05) is 13.0 Å². The van der Waals surface area contributed by atoms with Gasteiger partial charge < -0.3 is 5.73 Å². The van der Waals surface area contributed by atoms with Crippen LogP contribution in [0.4, 0.5) is 17.6 Å². The molecule has 2 N–H and O–H groups in total. The van der Waals surface area contributed by atoms with E-state index in [2.05, 4.69) is 10.2 Å². The fourth-order valence-electron chi connectivity index (χ4n) is 3.84. The van der Waals surface area contributed by atoms with Crippen LogP contribution < -0.4 is 5.73 Å². The van der Waals surface area contributed by atoms with Gasteiger partial charge in [0.25, 0.3) is 6.43 Å². The lowest BCUT2D eigenvalue weighted by atomic mass is 9.80. The number of carbonyl (C=O) groups is 1. The summed E-state index contributed by atoms with van der Waals surface area (Å²) in [5.41, 5.74) is 6.41. The van der Waals surface area contributed by atoms with Crippen LogP contribution in [0, 0.1) is 11.6 Å². The van der Waals surface area contributed by atoms with Crippen LogP contribution in [0.15, 0.2) is 24.3 Å². The van der Waals surface area contributed by atoms with Crippen molar-refractivity contribution in [3.63, 3.8) is 0 Å². The Hall–Kier alpha value is -2.55. The van der Waals surface area contributed by atoms with Gasteiger partial charge in [0.1, 0.15) is 11.6 Å². The highest BCUT2D eigenvalue weighted by Gasteiger charge is 2.30. The number of aromatic nitrogens is 2. The molecule has 1 heterocycles. The molecule has 0 bridgehead atoms. The Labute approximate surface area is 165 Å². The molecular weight excluding hydrogens is 388 g/mol. The molecule has 0 aliphatic heterocycles. The van der Waals surface area contributed by atoms with Crippen molar-refractivity contribution < 1.29 is 22.4 Å². The largest absolute Gasteiger partial charge is 0.369 e. The maximum atomic E-state index is 14.1. The molecule has 2 aromatic rings. The monoisotopic (exact) mass is 410 g/mol. The van der Waals surface area contributed by atoms with Crippen LogP contribution in [0.2, 0.25) is 0 Å². The van der Waals surface area contributed by atoms with Crippen molar-refractivity contribution in [1.82, 2.24) is 15.1 Å². The molecule has 3 rings (SSSR count). The van der Waals surface area contributed by atoms with Crippen molar-refractivity contribution in [2.24, 2.45) is 5.73 Å². The third kappa shape index (κ3) is 4.90. The van der Waals surface area contributed by atoms with Crippen LogP contribution >= 0.6 is 0 Å². The minimum Gasteiger partial charge on any atom is -0.369 e. The van der Waals surface area contributed by atoms with Crippen LogP contribution in [0.25, 0.3) is 11.3 Å². The number of halogens is 4. The maximum Gasteiger partial charge on any atom is 0.251 e. The SMILES string of the molecule is CC1CCC(CN(CC(N)=O)CC(F)F)c2nnc(-c3c(F)cccc3F)cc21. The van der Waals surface area contributed by atoms with Gasteiger partial charge in [-0.15, -0.1) is 0 Å². The molecule has 156 valence electrons. The molecule has 5 nitrogen and oxygen atoms in total. The first-order valence-corrected chi connectivity index (χ1v) is 9.37. The number of amides is 1. The van der Waals surface area contributed by atoms with Crippen LogP contribution in [-0.2, 0) is 4.79 Å². The quantitative estimate of drug-likeness (QED) is 0.710. The first kappa shape index (κ1) is 21.2. The van der Waals surface area contributed by atoms with Gasteiger partial charge in [0.05, 0.1) is 30.0 Å². The van der Waals surface area contributed by atoms with E-state index in [0.29, 0.717) is 12.1 Å². The Bertz CT molecular complexity index is 873. The lowest BCUT2D eigenvalue weighted by Gasteiger charge is -2.32. The fourth-order valence-corrected chi connectivity index (χ4v) is 3.84. The van der Waals surface area contributed by atoms with Gasteiger partial charge >= 0.3 is 0 Å². The zero-order chi connectivity index (χ0) is 21.1. The molecular formula is C20H22F4N4O. The van der Waals surface area contributed by atoms with E-state index in [1.165, 1.54) is 11.0 Å². The van der Waals surface area contributed by atoms with Crippen LogP contribution in [-0.4, -0.2) is 47.1 Å². The smallest absolute Gasteiger partial charge is 0.251 e. The first-order valence-electron chi connectivity index (χ1n) is 9.37. The van der Waals surface area contributed by atoms with Gasteiger partial charge in [-0.25, -0.2) is 17.6 Å². The Morgan fingerprint density at radius 2 is 1.93 bits per heavy atom. The van der Waals surface area contributed by atoms with E-state index in [0.717, 1.165) is 24.1 Å². The third-order valence-electron chi connectivity index (χ3n) is 5.19. The van der Waals surface area contributed by atoms with Crippen molar-refractivity contribution in [3.05, 3.63) is 47.2 Å². The Balaban J connectivity index is 1.92. The second-order valence-electron chi connectivity index (χ2n) is 7.39. The normalized spacial score (nSPS) is 18.9. The summed E-state index contributed by atoms with van der Waals surface area (Å²) >= 11 is 0. The fraction of sp³-hybridized carbons (Fsp3) is 0.450. The number of rotatable bonds is 7. The molecule has 0 saturated carbocycles. The van der Waals surface area contributed by atoms with E-state index in [9.17, 15) is 22.4 Å². The highest BCUT2D eigenvalue weighted by Crippen LogP contribution is 2.39. The molecule has 1 amide bonds. The second kappa shape index (κ2) is 8.86. The number of nitrogens with zero attached hydrogens (tertiary/aromatic N) is 3. The van der Waals surface area contributed by atoms with Gasteiger partial charge in [-0.3, -0.25) is 9.69 Å². The van der Waals surface area contributed by atoms with Gasteiger partial charge in [-0.2, -0.15) is 10.2 Å². The average molecular weight is 410 g/mol. The minimum absolute atomic E-state index is 0.0741. The molecule has 9 heteroatoms. The van der Waals surface area contributed by atoms with E-state index in [4.69, 9.17) is 5.73 Å². The molecule has 0 fully saturated rings. The number of alkyl halides is 2.